The zero-order valence-electron chi connectivity index (χ0n) is 11.0. The Morgan fingerprint density at radius 3 is 2.30 bits per heavy atom. The van der Waals surface area contributed by atoms with Crippen LogP contribution in [-0.4, -0.2) is 15.6 Å². The van der Waals surface area contributed by atoms with Gasteiger partial charge in [-0.05, 0) is 23.8 Å². The molecule has 0 saturated heterocycles. The monoisotopic (exact) mass is 282 g/mol. The lowest BCUT2D eigenvalue weighted by Crippen LogP contribution is -2.04. The van der Waals surface area contributed by atoms with E-state index in [1.807, 2.05) is 0 Å². The van der Waals surface area contributed by atoms with E-state index >= 15 is 0 Å². The third-order valence-electron chi connectivity index (χ3n) is 2.96. The second-order valence-corrected chi connectivity index (χ2v) is 4.57. The quantitative estimate of drug-likeness (QED) is 0.810. The predicted molar refractivity (Wildman–Crippen MR) is 67.5 cm³/mol. The third-order valence-corrected chi connectivity index (χ3v) is 2.96. The van der Waals surface area contributed by atoms with E-state index < -0.39 is 11.7 Å². The van der Waals surface area contributed by atoms with E-state index in [1.165, 1.54) is 23.7 Å². The molecule has 0 fully saturated rings. The number of aromatic nitrogens is 2. The van der Waals surface area contributed by atoms with Gasteiger partial charge in [-0.25, -0.2) is 0 Å². The average molecular weight is 282 g/mol. The second-order valence-electron chi connectivity index (χ2n) is 4.57. The number of benzene rings is 1. The van der Waals surface area contributed by atoms with Gasteiger partial charge >= 0.3 is 6.18 Å². The van der Waals surface area contributed by atoms with Crippen LogP contribution in [0.5, 0.6) is 0 Å². The maximum Gasteiger partial charge on any atom is 0.416 e. The number of Topliss-reactive ketones (excluding diaryl/α,β-unsaturated/α-hetero) is 1. The van der Waals surface area contributed by atoms with Crippen LogP contribution in [0.4, 0.5) is 13.2 Å². The molecule has 0 aliphatic heterocycles. The van der Waals surface area contributed by atoms with Gasteiger partial charge in [0, 0.05) is 20.4 Å². The van der Waals surface area contributed by atoms with Gasteiger partial charge in [0.25, 0.3) is 0 Å². The third kappa shape index (κ3) is 3.07. The highest BCUT2D eigenvalue weighted by atomic mass is 19.4. The van der Waals surface area contributed by atoms with Gasteiger partial charge in [0.05, 0.1) is 11.3 Å². The molecule has 1 aromatic heterocycles. The Balaban J connectivity index is 2.18. The lowest BCUT2D eigenvalue weighted by Gasteiger charge is -2.06. The number of nitrogens with zero attached hydrogens (tertiary/aromatic N) is 2. The van der Waals surface area contributed by atoms with E-state index in [4.69, 9.17) is 0 Å². The van der Waals surface area contributed by atoms with E-state index in [9.17, 15) is 18.0 Å². The largest absolute Gasteiger partial charge is 0.416 e. The van der Waals surface area contributed by atoms with Crippen molar-refractivity contribution in [2.45, 2.75) is 19.5 Å². The maximum atomic E-state index is 12.4. The molecular formula is C14H13F3N2O. The predicted octanol–water partition coefficient (Wildman–Crippen LogP) is 3.23. The molecule has 1 aromatic carbocycles. The van der Waals surface area contributed by atoms with Crippen molar-refractivity contribution in [2.75, 3.05) is 0 Å². The van der Waals surface area contributed by atoms with Gasteiger partial charge in [0.2, 0.25) is 0 Å². The molecule has 0 amide bonds. The summed E-state index contributed by atoms with van der Waals surface area (Å²) >= 11 is 0. The molecule has 3 nitrogen and oxygen atoms in total. The number of ketones is 1. The highest BCUT2D eigenvalue weighted by Crippen LogP contribution is 2.29. The number of carbonyl (C=O) groups is 1. The molecule has 0 N–H and O–H groups in total. The summed E-state index contributed by atoms with van der Waals surface area (Å²) in [6, 6.07) is 6.59. The molecule has 1 heterocycles. The van der Waals surface area contributed by atoms with E-state index in [2.05, 4.69) is 5.10 Å². The Labute approximate surface area is 114 Å². The number of hydrogen-bond donors (Lipinski definition) is 0. The molecule has 6 heteroatoms. The summed E-state index contributed by atoms with van der Waals surface area (Å²) < 4.78 is 38.8. The zero-order chi connectivity index (χ0) is 14.9. The highest BCUT2D eigenvalue weighted by molar-refractivity contribution is 5.92. The summed E-state index contributed by atoms with van der Waals surface area (Å²) in [5.41, 5.74) is 1.17. The molecule has 20 heavy (non-hydrogen) atoms. The van der Waals surface area contributed by atoms with Crippen molar-refractivity contribution in [3.05, 3.63) is 52.8 Å². The summed E-state index contributed by atoms with van der Waals surface area (Å²) in [6.07, 6.45) is -3.94. The molecule has 0 aliphatic carbocycles. The topological polar surface area (TPSA) is 34.9 Å². The molecule has 2 aromatic rings. The van der Waals surface area contributed by atoms with Gasteiger partial charge in [-0.2, -0.15) is 18.3 Å². The van der Waals surface area contributed by atoms with Gasteiger partial charge < -0.3 is 0 Å². The molecule has 0 bridgehead atoms. The molecule has 0 saturated carbocycles. The smallest absolute Gasteiger partial charge is 0.293 e. The lowest BCUT2D eigenvalue weighted by atomic mass is 10.1. The first kappa shape index (κ1) is 14.3. The molecule has 0 radical (unpaired) electrons. The summed E-state index contributed by atoms with van der Waals surface area (Å²) in [6.45, 7) is 1.44. The van der Waals surface area contributed by atoms with Crippen molar-refractivity contribution in [1.82, 2.24) is 9.78 Å². The van der Waals surface area contributed by atoms with Crippen molar-refractivity contribution < 1.29 is 18.0 Å². The molecule has 106 valence electrons. The highest BCUT2D eigenvalue weighted by Gasteiger charge is 2.29. The van der Waals surface area contributed by atoms with Crippen LogP contribution in [-0.2, 0) is 19.6 Å². The first-order valence-corrected chi connectivity index (χ1v) is 5.97. The molecule has 2 rings (SSSR count). The first-order valence-electron chi connectivity index (χ1n) is 5.97. The van der Waals surface area contributed by atoms with Crippen molar-refractivity contribution in [2.24, 2.45) is 7.05 Å². The number of rotatable bonds is 3. The summed E-state index contributed by atoms with van der Waals surface area (Å²) in [4.78, 5) is 11.3. The Bertz CT molecular complexity index is 627. The first-order chi connectivity index (χ1) is 9.27. The summed E-state index contributed by atoms with van der Waals surface area (Å²) in [5.74, 6) is -0.0985. The van der Waals surface area contributed by atoms with Crippen LogP contribution in [0.15, 0.2) is 30.3 Å². The lowest BCUT2D eigenvalue weighted by molar-refractivity contribution is -0.137. The van der Waals surface area contributed by atoms with Gasteiger partial charge in [0.15, 0.2) is 5.78 Å². The van der Waals surface area contributed by atoms with Crippen LogP contribution in [0.2, 0.25) is 0 Å². The number of alkyl halides is 3. The van der Waals surface area contributed by atoms with Crippen molar-refractivity contribution in [3.63, 3.8) is 0 Å². The number of hydrogen-bond acceptors (Lipinski definition) is 2. The number of aryl methyl sites for hydroxylation is 1. The molecule has 0 unspecified atom stereocenters. The fourth-order valence-corrected chi connectivity index (χ4v) is 1.96. The van der Waals surface area contributed by atoms with Gasteiger partial charge in [-0.3, -0.25) is 9.48 Å². The van der Waals surface area contributed by atoms with E-state index in [0.29, 0.717) is 23.4 Å². The van der Waals surface area contributed by atoms with Gasteiger partial charge in [-0.15, -0.1) is 0 Å². The summed E-state index contributed by atoms with van der Waals surface area (Å²) in [5, 5.41) is 4.17. The van der Waals surface area contributed by atoms with Crippen LogP contribution < -0.4 is 0 Å². The fourth-order valence-electron chi connectivity index (χ4n) is 1.96. The Kier molecular flexibility index (Phi) is 3.65. The van der Waals surface area contributed by atoms with E-state index in [-0.39, 0.29) is 5.78 Å². The average Bonchev–Trinajstić information content (AvgIpc) is 2.70. The van der Waals surface area contributed by atoms with Crippen molar-refractivity contribution in [1.29, 1.82) is 0 Å². The van der Waals surface area contributed by atoms with Gasteiger partial charge in [0.1, 0.15) is 5.69 Å². The van der Waals surface area contributed by atoms with Crippen LogP contribution in [0.1, 0.15) is 34.2 Å². The van der Waals surface area contributed by atoms with E-state index in [0.717, 1.165) is 12.1 Å². The van der Waals surface area contributed by atoms with Crippen LogP contribution >= 0.6 is 0 Å². The number of carbonyl (C=O) groups excluding carboxylic acids is 1. The van der Waals surface area contributed by atoms with E-state index in [1.54, 1.807) is 13.1 Å². The van der Waals surface area contributed by atoms with Crippen molar-refractivity contribution >= 4 is 5.78 Å². The number of halogens is 3. The molecule has 0 spiro atoms. The maximum absolute atomic E-state index is 12.4. The SMILES string of the molecule is CC(=O)c1cc(Cc2ccc(C(F)(F)F)cc2)nn1C. The molecule has 0 atom stereocenters. The Morgan fingerprint density at radius 2 is 1.85 bits per heavy atom. The van der Waals surface area contributed by atoms with Crippen LogP contribution in [0.3, 0.4) is 0 Å². The normalized spacial score (nSPS) is 11.7. The second kappa shape index (κ2) is 5.11. The van der Waals surface area contributed by atoms with Crippen LogP contribution in [0, 0.1) is 0 Å². The van der Waals surface area contributed by atoms with Crippen molar-refractivity contribution in [3.8, 4) is 0 Å². The van der Waals surface area contributed by atoms with Gasteiger partial charge in [-0.1, -0.05) is 12.1 Å². The molecule has 0 aliphatic rings. The minimum absolute atomic E-state index is 0.0985. The molecular weight excluding hydrogens is 269 g/mol. The minimum Gasteiger partial charge on any atom is -0.293 e. The minimum atomic E-state index is -4.33. The zero-order valence-corrected chi connectivity index (χ0v) is 11.0. The Hall–Kier alpha value is -2.11. The standard InChI is InChI=1S/C14H13F3N2O/c1-9(20)13-8-12(18-19(13)2)7-10-3-5-11(6-4-10)14(15,16)17/h3-6,8H,7H2,1-2H3. The Morgan fingerprint density at radius 1 is 1.25 bits per heavy atom. The summed E-state index contributed by atoms with van der Waals surface area (Å²) in [7, 11) is 1.66. The van der Waals surface area contributed by atoms with Crippen LogP contribution in [0.25, 0.3) is 0 Å². The fraction of sp³-hybridized carbons (Fsp3) is 0.286.